The Hall–Kier alpha value is -3.06. The van der Waals surface area contributed by atoms with E-state index in [2.05, 4.69) is 22.3 Å². The van der Waals surface area contributed by atoms with Gasteiger partial charge in [-0.3, -0.25) is 14.5 Å². The number of piperidine rings is 2. The SMILES string of the molecule is COc1ccc(C(=O)N2CCC3(CCCCCc4ccccc4OCCNC3=O)CC2)cc1CN1CCCCC1. The van der Waals surface area contributed by atoms with E-state index in [1.165, 1.54) is 24.8 Å². The van der Waals surface area contributed by atoms with Gasteiger partial charge in [0.1, 0.15) is 18.1 Å². The number of para-hydroxylation sites is 1. The molecule has 2 aromatic carbocycles. The molecule has 3 heterocycles. The third kappa shape index (κ3) is 6.80. The molecule has 3 aliphatic rings. The minimum Gasteiger partial charge on any atom is -0.496 e. The van der Waals surface area contributed by atoms with Gasteiger partial charge in [0.05, 0.1) is 19.1 Å². The van der Waals surface area contributed by atoms with E-state index >= 15 is 0 Å². The first-order chi connectivity index (χ1) is 19.6. The van der Waals surface area contributed by atoms with Crippen molar-refractivity contribution in [1.29, 1.82) is 0 Å². The molecule has 1 spiro atoms. The molecule has 0 aromatic heterocycles. The first kappa shape index (κ1) is 28.5. The van der Waals surface area contributed by atoms with Crippen molar-refractivity contribution in [2.45, 2.75) is 70.8 Å². The van der Waals surface area contributed by atoms with Crippen LogP contribution in [-0.4, -0.2) is 68.1 Å². The molecule has 216 valence electrons. The maximum atomic E-state index is 13.6. The van der Waals surface area contributed by atoms with E-state index in [4.69, 9.17) is 9.47 Å². The molecule has 2 aromatic rings. The van der Waals surface area contributed by atoms with E-state index in [9.17, 15) is 9.59 Å². The zero-order chi connectivity index (χ0) is 27.8. The molecule has 0 aliphatic carbocycles. The van der Waals surface area contributed by atoms with Crippen molar-refractivity contribution in [2.75, 3.05) is 46.4 Å². The monoisotopic (exact) mass is 547 g/mol. The highest BCUT2D eigenvalue weighted by Crippen LogP contribution is 2.38. The summed E-state index contributed by atoms with van der Waals surface area (Å²) in [7, 11) is 1.70. The summed E-state index contributed by atoms with van der Waals surface area (Å²) >= 11 is 0. The first-order valence-corrected chi connectivity index (χ1v) is 15.3. The van der Waals surface area contributed by atoms with Gasteiger partial charge in [-0.2, -0.15) is 0 Å². The molecule has 0 radical (unpaired) electrons. The molecule has 0 unspecified atom stereocenters. The molecule has 2 amide bonds. The Balaban J connectivity index is 1.22. The summed E-state index contributed by atoms with van der Waals surface area (Å²) < 4.78 is 11.7. The molecule has 40 heavy (non-hydrogen) atoms. The molecular weight excluding hydrogens is 502 g/mol. The highest BCUT2D eigenvalue weighted by molar-refractivity contribution is 5.95. The van der Waals surface area contributed by atoms with Gasteiger partial charge in [0.15, 0.2) is 0 Å². The van der Waals surface area contributed by atoms with Crippen molar-refractivity contribution in [3.05, 3.63) is 59.2 Å². The Bertz CT molecular complexity index is 1150. The lowest BCUT2D eigenvalue weighted by Crippen LogP contribution is -2.50. The standard InChI is InChI=1S/C33H45N3O4/c1-39-29-14-13-27(24-28(29)25-35-19-8-3-9-20-35)31(37)36-21-16-33(17-22-36)15-7-2-4-10-26-11-5-6-12-30(26)40-23-18-34-32(33)38/h5-6,11-14,24H,2-4,7-10,15-23,25H2,1H3,(H,34,38). The largest absolute Gasteiger partial charge is 0.496 e. The third-order valence-corrected chi connectivity index (χ3v) is 9.08. The highest BCUT2D eigenvalue weighted by atomic mass is 16.5. The van der Waals surface area contributed by atoms with E-state index in [0.29, 0.717) is 44.6 Å². The Morgan fingerprint density at radius 2 is 1.73 bits per heavy atom. The summed E-state index contributed by atoms with van der Waals surface area (Å²) in [5.74, 6) is 1.93. The number of nitrogens with one attached hydrogen (secondary N) is 1. The van der Waals surface area contributed by atoms with Gasteiger partial charge in [-0.15, -0.1) is 0 Å². The van der Waals surface area contributed by atoms with Gasteiger partial charge in [-0.1, -0.05) is 37.5 Å². The van der Waals surface area contributed by atoms with Crippen LogP contribution in [-0.2, 0) is 17.8 Å². The van der Waals surface area contributed by atoms with Crippen LogP contribution in [0.3, 0.4) is 0 Å². The van der Waals surface area contributed by atoms with Gasteiger partial charge in [-0.25, -0.2) is 0 Å². The zero-order valence-corrected chi connectivity index (χ0v) is 24.1. The number of amides is 2. The summed E-state index contributed by atoms with van der Waals surface area (Å²) in [6, 6.07) is 14.1. The number of hydrogen-bond donors (Lipinski definition) is 1. The molecule has 5 rings (SSSR count). The molecule has 0 saturated carbocycles. The van der Waals surface area contributed by atoms with Crippen molar-refractivity contribution in [2.24, 2.45) is 5.41 Å². The topological polar surface area (TPSA) is 71.1 Å². The van der Waals surface area contributed by atoms with Crippen molar-refractivity contribution in [1.82, 2.24) is 15.1 Å². The molecule has 3 aliphatic heterocycles. The molecule has 1 N–H and O–H groups in total. The predicted octanol–water partition coefficient (Wildman–Crippen LogP) is 5.22. The Kier molecular flexibility index (Phi) is 9.63. The van der Waals surface area contributed by atoms with Gasteiger partial charge in [0.2, 0.25) is 5.91 Å². The lowest BCUT2D eigenvalue weighted by Gasteiger charge is -2.41. The summed E-state index contributed by atoms with van der Waals surface area (Å²) in [6.45, 7) is 5.14. The highest BCUT2D eigenvalue weighted by Gasteiger charge is 2.41. The third-order valence-electron chi connectivity index (χ3n) is 9.08. The first-order valence-electron chi connectivity index (χ1n) is 15.3. The van der Waals surface area contributed by atoms with Crippen LogP contribution in [0.4, 0.5) is 0 Å². The van der Waals surface area contributed by atoms with Gasteiger partial charge in [-0.05, 0) is 87.9 Å². The quantitative estimate of drug-likeness (QED) is 0.569. The second-order valence-electron chi connectivity index (χ2n) is 11.7. The van der Waals surface area contributed by atoms with Crippen LogP contribution in [0, 0.1) is 5.41 Å². The zero-order valence-electron chi connectivity index (χ0n) is 24.1. The number of ether oxygens (including phenoxy) is 2. The van der Waals surface area contributed by atoms with Crippen molar-refractivity contribution in [3.8, 4) is 11.5 Å². The molecule has 2 fully saturated rings. The van der Waals surface area contributed by atoms with E-state index < -0.39 is 5.41 Å². The normalized spacial score (nSPS) is 20.7. The van der Waals surface area contributed by atoms with E-state index in [1.54, 1.807) is 7.11 Å². The lowest BCUT2D eigenvalue weighted by atomic mass is 9.73. The number of nitrogens with zero attached hydrogens (tertiary/aromatic N) is 2. The van der Waals surface area contributed by atoms with Gasteiger partial charge in [0, 0.05) is 30.8 Å². The van der Waals surface area contributed by atoms with E-state index in [-0.39, 0.29) is 11.8 Å². The number of carbonyl (C=O) groups is 2. The fraction of sp³-hybridized carbons (Fsp3) is 0.576. The molecule has 7 nitrogen and oxygen atoms in total. The number of hydrogen-bond acceptors (Lipinski definition) is 5. The van der Waals surface area contributed by atoms with Crippen LogP contribution in [0.2, 0.25) is 0 Å². The van der Waals surface area contributed by atoms with E-state index in [1.807, 2.05) is 35.2 Å². The average Bonchev–Trinajstić information content (AvgIpc) is 3.01. The van der Waals surface area contributed by atoms with Crippen LogP contribution in [0.1, 0.15) is 79.3 Å². The van der Waals surface area contributed by atoms with Crippen molar-refractivity contribution in [3.63, 3.8) is 0 Å². The molecule has 2 saturated heterocycles. The lowest BCUT2D eigenvalue weighted by molar-refractivity contribution is -0.134. The van der Waals surface area contributed by atoms with Crippen LogP contribution in [0.5, 0.6) is 11.5 Å². The maximum Gasteiger partial charge on any atom is 0.253 e. The predicted molar refractivity (Wildman–Crippen MR) is 157 cm³/mol. The summed E-state index contributed by atoms with van der Waals surface area (Å²) in [5, 5.41) is 3.16. The van der Waals surface area contributed by atoms with Crippen LogP contribution in [0.15, 0.2) is 42.5 Å². The Morgan fingerprint density at radius 1 is 0.950 bits per heavy atom. The summed E-state index contributed by atoms with van der Waals surface area (Å²) in [6.07, 6.45) is 10.2. The number of fused-ring (bicyclic) bond motifs is 1. The second kappa shape index (κ2) is 13.5. The number of methoxy groups -OCH3 is 1. The number of carbonyl (C=O) groups excluding carboxylic acids is 2. The van der Waals surface area contributed by atoms with Gasteiger partial charge in [0.25, 0.3) is 5.91 Å². The van der Waals surface area contributed by atoms with Crippen LogP contribution < -0.4 is 14.8 Å². The Morgan fingerprint density at radius 3 is 2.52 bits per heavy atom. The molecule has 7 heteroatoms. The smallest absolute Gasteiger partial charge is 0.253 e. The average molecular weight is 548 g/mol. The van der Waals surface area contributed by atoms with Crippen molar-refractivity contribution >= 4 is 11.8 Å². The number of rotatable bonds is 4. The molecule has 0 bridgehead atoms. The molecule has 0 atom stereocenters. The van der Waals surface area contributed by atoms with Crippen molar-refractivity contribution < 1.29 is 19.1 Å². The second-order valence-corrected chi connectivity index (χ2v) is 11.7. The van der Waals surface area contributed by atoms with Crippen LogP contribution in [0.25, 0.3) is 0 Å². The minimum absolute atomic E-state index is 0.0496. The van der Waals surface area contributed by atoms with E-state index in [0.717, 1.165) is 68.8 Å². The van der Waals surface area contributed by atoms with Crippen LogP contribution >= 0.6 is 0 Å². The van der Waals surface area contributed by atoms with Gasteiger partial charge >= 0.3 is 0 Å². The Labute approximate surface area is 239 Å². The fourth-order valence-corrected chi connectivity index (χ4v) is 6.62. The maximum absolute atomic E-state index is 13.6. The minimum atomic E-state index is -0.420. The summed E-state index contributed by atoms with van der Waals surface area (Å²) in [4.78, 5) is 31.5. The number of aryl methyl sites for hydroxylation is 1. The fourth-order valence-electron chi connectivity index (χ4n) is 6.62. The number of benzene rings is 2. The van der Waals surface area contributed by atoms with Gasteiger partial charge < -0.3 is 19.7 Å². The summed E-state index contributed by atoms with van der Waals surface area (Å²) in [5.41, 5.74) is 2.60. The number of likely N-dealkylation sites (tertiary alicyclic amines) is 2. The molecular formula is C33H45N3O4.